The number of nitrogens with zero attached hydrogens (tertiary/aromatic N) is 1. The average molecular weight is 314 g/mol. The highest BCUT2D eigenvalue weighted by Crippen LogP contribution is 2.28. The predicted molar refractivity (Wildman–Crippen MR) is 94.8 cm³/mol. The van der Waals surface area contributed by atoms with Gasteiger partial charge in [-0.1, -0.05) is 48.0 Å². The molecular weight excluding hydrogens is 290 g/mol. The highest BCUT2D eigenvalue weighted by atomic mass is 35.5. The van der Waals surface area contributed by atoms with Crippen molar-refractivity contribution in [1.82, 2.24) is 4.90 Å². The fourth-order valence-corrected chi connectivity index (χ4v) is 3.65. The van der Waals surface area contributed by atoms with E-state index in [1.807, 2.05) is 0 Å². The molecule has 0 amide bonds. The Morgan fingerprint density at radius 1 is 0.909 bits per heavy atom. The van der Waals surface area contributed by atoms with E-state index in [0.717, 1.165) is 43.8 Å². The first kappa shape index (κ1) is 15.6. The number of rotatable bonds is 4. The van der Waals surface area contributed by atoms with Crippen LogP contribution < -0.4 is 0 Å². The minimum atomic E-state index is 0.956. The lowest BCUT2D eigenvalue weighted by Crippen LogP contribution is -2.20. The Bertz CT molecular complexity index is 621. The number of benzene rings is 2. The van der Waals surface area contributed by atoms with E-state index in [1.165, 1.54) is 28.7 Å². The summed E-state index contributed by atoms with van der Waals surface area (Å²) in [6.45, 7) is 2.25. The van der Waals surface area contributed by atoms with E-state index in [-0.39, 0.29) is 0 Å². The average Bonchev–Trinajstić information content (AvgIpc) is 2.74. The maximum absolute atomic E-state index is 6.45. The molecule has 0 aromatic heterocycles. The van der Waals surface area contributed by atoms with Gasteiger partial charge in [0, 0.05) is 18.1 Å². The third-order valence-electron chi connectivity index (χ3n) is 4.71. The van der Waals surface area contributed by atoms with E-state index in [2.05, 4.69) is 54.4 Å². The Labute approximate surface area is 138 Å². The van der Waals surface area contributed by atoms with Crippen LogP contribution in [0.2, 0.25) is 5.02 Å². The molecule has 22 heavy (non-hydrogen) atoms. The molecule has 1 heterocycles. The van der Waals surface area contributed by atoms with Gasteiger partial charge in [0.1, 0.15) is 0 Å². The maximum Gasteiger partial charge on any atom is 0.0441 e. The van der Waals surface area contributed by atoms with Gasteiger partial charge in [0.05, 0.1) is 0 Å². The largest absolute Gasteiger partial charge is 0.306 e. The number of halogens is 1. The quantitative estimate of drug-likeness (QED) is 0.800. The molecule has 0 bridgehead atoms. The van der Waals surface area contributed by atoms with E-state index in [1.54, 1.807) is 0 Å². The van der Waals surface area contributed by atoms with Crippen LogP contribution in [0.4, 0.5) is 0 Å². The molecule has 0 unspecified atom stereocenters. The van der Waals surface area contributed by atoms with Gasteiger partial charge in [-0.15, -0.1) is 0 Å². The second-order valence-electron chi connectivity index (χ2n) is 6.31. The molecule has 1 nitrogen and oxygen atoms in total. The van der Waals surface area contributed by atoms with Crippen LogP contribution in [-0.4, -0.2) is 25.0 Å². The van der Waals surface area contributed by atoms with E-state index < -0.39 is 0 Å². The molecule has 3 rings (SSSR count). The van der Waals surface area contributed by atoms with Crippen molar-refractivity contribution in [2.24, 2.45) is 0 Å². The van der Waals surface area contributed by atoms with Gasteiger partial charge in [0.2, 0.25) is 0 Å². The topological polar surface area (TPSA) is 3.24 Å². The lowest BCUT2D eigenvalue weighted by molar-refractivity contribution is 0.352. The molecule has 0 atom stereocenters. The lowest BCUT2D eigenvalue weighted by Gasteiger charge is -2.14. The Kier molecular flexibility index (Phi) is 5.17. The Morgan fingerprint density at radius 2 is 1.64 bits per heavy atom. The molecule has 2 heteroatoms. The third-order valence-corrected chi connectivity index (χ3v) is 5.07. The third kappa shape index (κ3) is 3.71. The van der Waals surface area contributed by atoms with Gasteiger partial charge in [-0.3, -0.25) is 0 Å². The van der Waals surface area contributed by atoms with Crippen LogP contribution in [0, 0.1) is 0 Å². The van der Waals surface area contributed by atoms with Crippen LogP contribution in [0.15, 0.2) is 42.5 Å². The summed E-state index contributed by atoms with van der Waals surface area (Å²) in [5.74, 6) is 0. The minimum absolute atomic E-state index is 0.956. The van der Waals surface area contributed by atoms with E-state index >= 15 is 0 Å². The molecule has 1 aliphatic rings. The van der Waals surface area contributed by atoms with Crippen molar-refractivity contribution >= 4 is 11.6 Å². The van der Waals surface area contributed by atoms with Crippen LogP contribution in [0.25, 0.3) is 0 Å². The number of hydrogen-bond acceptors (Lipinski definition) is 1. The van der Waals surface area contributed by atoms with Crippen molar-refractivity contribution < 1.29 is 0 Å². The monoisotopic (exact) mass is 313 g/mol. The first-order valence-corrected chi connectivity index (χ1v) is 8.63. The van der Waals surface area contributed by atoms with Gasteiger partial charge >= 0.3 is 0 Å². The Balaban J connectivity index is 1.71. The molecule has 0 radical (unpaired) electrons. The van der Waals surface area contributed by atoms with Gasteiger partial charge in [-0.05, 0) is 67.5 Å². The molecule has 2 aromatic carbocycles. The van der Waals surface area contributed by atoms with Crippen LogP contribution in [0.1, 0.15) is 28.7 Å². The van der Waals surface area contributed by atoms with E-state index in [0.29, 0.717) is 0 Å². The number of aryl methyl sites for hydroxylation is 2. The second kappa shape index (κ2) is 7.30. The molecule has 1 aliphatic heterocycles. The van der Waals surface area contributed by atoms with E-state index in [9.17, 15) is 0 Å². The van der Waals surface area contributed by atoms with Crippen molar-refractivity contribution in [3.05, 3.63) is 69.7 Å². The molecule has 0 saturated carbocycles. The lowest BCUT2D eigenvalue weighted by atomic mass is 9.93. The summed E-state index contributed by atoms with van der Waals surface area (Å²) in [5, 5.41) is 0.956. The second-order valence-corrected chi connectivity index (χ2v) is 6.71. The highest BCUT2D eigenvalue weighted by Gasteiger charge is 2.16. The van der Waals surface area contributed by atoms with Crippen molar-refractivity contribution in [1.29, 1.82) is 0 Å². The smallest absolute Gasteiger partial charge is 0.0441 e. The van der Waals surface area contributed by atoms with Crippen LogP contribution in [-0.2, 0) is 25.7 Å². The SMILES string of the molecule is CN1CCc2c(Cl)ccc(CCCc3ccccc3)c2CC1. The molecule has 0 saturated heterocycles. The number of likely N-dealkylation sites (N-methyl/N-ethyl adjacent to an activating group) is 1. The van der Waals surface area contributed by atoms with Crippen molar-refractivity contribution in [2.75, 3.05) is 20.1 Å². The van der Waals surface area contributed by atoms with Gasteiger partial charge in [0.15, 0.2) is 0 Å². The maximum atomic E-state index is 6.45. The van der Waals surface area contributed by atoms with Crippen LogP contribution in [0.5, 0.6) is 0 Å². The van der Waals surface area contributed by atoms with Gasteiger partial charge in [0.25, 0.3) is 0 Å². The fraction of sp³-hybridized carbons (Fsp3) is 0.400. The zero-order valence-electron chi connectivity index (χ0n) is 13.3. The minimum Gasteiger partial charge on any atom is -0.306 e. The fourth-order valence-electron chi connectivity index (χ4n) is 3.37. The summed E-state index contributed by atoms with van der Waals surface area (Å²) in [6.07, 6.45) is 5.72. The van der Waals surface area contributed by atoms with Gasteiger partial charge in [-0.2, -0.15) is 0 Å². The van der Waals surface area contributed by atoms with Crippen molar-refractivity contribution in [2.45, 2.75) is 32.1 Å². The van der Waals surface area contributed by atoms with Gasteiger partial charge < -0.3 is 4.90 Å². The molecular formula is C20H24ClN. The molecule has 0 spiro atoms. The van der Waals surface area contributed by atoms with Crippen LogP contribution >= 0.6 is 11.6 Å². The zero-order valence-corrected chi connectivity index (χ0v) is 14.1. The molecule has 116 valence electrons. The molecule has 0 aliphatic carbocycles. The zero-order chi connectivity index (χ0) is 15.4. The summed E-state index contributed by atoms with van der Waals surface area (Å²) in [6, 6.07) is 15.1. The Hall–Kier alpha value is -1.31. The number of hydrogen-bond donors (Lipinski definition) is 0. The predicted octanol–water partition coefficient (Wildman–Crippen LogP) is 4.55. The summed E-state index contributed by atoms with van der Waals surface area (Å²) >= 11 is 6.45. The molecule has 2 aromatic rings. The van der Waals surface area contributed by atoms with Crippen LogP contribution in [0.3, 0.4) is 0 Å². The highest BCUT2D eigenvalue weighted by molar-refractivity contribution is 6.31. The molecule has 0 N–H and O–H groups in total. The summed E-state index contributed by atoms with van der Waals surface area (Å²) in [7, 11) is 2.20. The number of fused-ring (bicyclic) bond motifs is 1. The van der Waals surface area contributed by atoms with Crippen molar-refractivity contribution in [3.63, 3.8) is 0 Å². The summed E-state index contributed by atoms with van der Waals surface area (Å²) in [5.41, 5.74) is 5.85. The van der Waals surface area contributed by atoms with Gasteiger partial charge in [-0.25, -0.2) is 0 Å². The normalized spacial score (nSPS) is 15.4. The molecule has 0 fully saturated rings. The summed E-state index contributed by atoms with van der Waals surface area (Å²) in [4.78, 5) is 2.41. The Morgan fingerprint density at radius 3 is 2.41 bits per heavy atom. The van der Waals surface area contributed by atoms with E-state index in [4.69, 9.17) is 11.6 Å². The first-order valence-electron chi connectivity index (χ1n) is 8.25. The standard InChI is InChI=1S/C20H24ClN/c1-22-14-12-18-17(10-11-20(21)19(18)13-15-22)9-5-8-16-6-3-2-4-7-16/h2-4,6-7,10-11H,5,8-9,12-15H2,1H3. The summed E-state index contributed by atoms with van der Waals surface area (Å²) < 4.78 is 0. The van der Waals surface area contributed by atoms with Crippen molar-refractivity contribution in [3.8, 4) is 0 Å². The first-order chi connectivity index (χ1) is 10.7.